The van der Waals surface area contributed by atoms with Gasteiger partial charge in [-0.05, 0) is 32.3 Å². The summed E-state index contributed by atoms with van der Waals surface area (Å²) in [6, 6.07) is 2.60. The smallest absolute Gasteiger partial charge is 0.319 e. The van der Waals surface area contributed by atoms with Gasteiger partial charge in [-0.2, -0.15) is 0 Å². The average molecular weight is 265 g/mol. The van der Waals surface area contributed by atoms with E-state index in [1.807, 2.05) is 6.92 Å². The molecule has 3 N–H and O–H groups in total. The van der Waals surface area contributed by atoms with E-state index in [-0.39, 0.29) is 18.1 Å². The van der Waals surface area contributed by atoms with E-state index in [9.17, 15) is 14.7 Å². The Morgan fingerprint density at radius 1 is 1.47 bits per heavy atom. The van der Waals surface area contributed by atoms with Gasteiger partial charge in [0.25, 0.3) is 5.56 Å². The van der Waals surface area contributed by atoms with E-state index in [4.69, 9.17) is 0 Å². The topological polar surface area (TPSA) is 83.4 Å². The maximum absolute atomic E-state index is 11.7. The number of amides is 2. The molecule has 0 atom stereocenters. The molecule has 1 aromatic rings. The van der Waals surface area contributed by atoms with Crippen LogP contribution >= 0.6 is 0 Å². The van der Waals surface area contributed by atoms with Crippen LogP contribution in [-0.4, -0.2) is 27.9 Å². The number of nitrogens with one attached hydrogen (secondary N) is 2. The van der Waals surface area contributed by atoms with Gasteiger partial charge in [-0.3, -0.25) is 4.79 Å². The number of pyridine rings is 1. The van der Waals surface area contributed by atoms with Crippen molar-refractivity contribution in [1.82, 2.24) is 9.88 Å². The number of aliphatic hydroxyl groups is 1. The molecule has 2 rings (SSSR count). The number of aromatic nitrogens is 1. The molecule has 19 heavy (non-hydrogen) atoms. The third kappa shape index (κ3) is 3.35. The first kappa shape index (κ1) is 13.6. The minimum atomic E-state index is -0.737. The predicted octanol–water partition coefficient (Wildman–Crippen LogP) is 0.905. The molecule has 6 heteroatoms. The number of rotatable bonds is 4. The van der Waals surface area contributed by atoms with Gasteiger partial charge >= 0.3 is 6.03 Å². The van der Waals surface area contributed by atoms with E-state index in [2.05, 4.69) is 10.6 Å². The van der Waals surface area contributed by atoms with Crippen LogP contribution < -0.4 is 16.2 Å². The highest BCUT2D eigenvalue weighted by Gasteiger charge is 2.34. The molecule has 0 radical (unpaired) electrons. The quantitative estimate of drug-likeness (QED) is 0.756. The fraction of sp³-hybridized carbons (Fsp3) is 0.538. The second-order valence-electron chi connectivity index (χ2n) is 4.93. The molecule has 6 nitrogen and oxygen atoms in total. The average Bonchev–Trinajstić information content (AvgIpc) is 2.36. The maximum Gasteiger partial charge on any atom is 0.319 e. The van der Waals surface area contributed by atoms with Crippen LogP contribution in [0.1, 0.15) is 26.2 Å². The van der Waals surface area contributed by atoms with Crippen molar-refractivity contribution < 1.29 is 9.90 Å². The molecule has 0 aromatic carbocycles. The van der Waals surface area contributed by atoms with Crippen LogP contribution in [0.15, 0.2) is 23.1 Å². The Labute approximate surface area is 111 Å². The van der Waals surface area contributed by atoms with Crippen molar-refractivity contribution in [1.29, 1.82) is 0 Å². The molecular formula is C13H19N3O3. The highest BCUT2D eigenvalue weighted by Crippen LogP contribution is 2.30. The lowest BCUT2D eigenvalue weighted by Gasteiger charge is -2.36. The summed E-state index contributed by atoms with van der Waals surface area (Å²) in [5.74, 6) is 0. The van der Waals surface area contributed by atoms with Crippen molar-refractivity contribution in [2.24, 2.45) is 0 Å². The fourth-order valence-electron chi connectivity index (χ4n) is 2.03. The number of urea groups is 1. The van der Waals surface area contributed by atoms with Crippen LogP contribution in [0.5, 0.6) is 0 Å². The van der Waals surface area contributed by atoms with Crippen LogP contribution in [0.4, 0.5) is 10.5 Å². The van der Waals surface area contributed by atoms with Gasteiger partial charge in [-0.1, -0.05) is 0 Å². The molecule has 0 unspecified atom stereocenters. The van der Waals surface area contributed by atoms with E-state index < -0.39 is 5.60 Å². The molecule has 0 bridgehead atoms. The standard InChI is InChI=1S/C13H19N3O3/c1-2-16-8-10(4-5-11(16)17)15-12(18)14-9-13(19)6-3-7-13/h4-5,8,19H,2-3,6-7,9H2,1H3,(H2,14,15,18). The summed E-state index contributed by atoms with van der Waals surface area (Å²) in [7, 11) is 0. The van der Waals surface area contributed by atoms with Gasteiger partial charge < -0.3 is 20.3 Å². The third-order valence-corrected chi connectivity index (χ3v) is 3.44. The molecule has 0 saturated heterocycles. The van der Waals surface area contributed by atoms with Gasteiger partial charge in [0.2, 0.25) is 0 Å². The fourth-order valence-corrected chi connectivity index (χ4v) is 2.03. The molecule has 2 amide bonds. The Balaban J connectivity index is 1.89. The van der Waals surface area contributed by atoms with E-state index in [1.54, 1.807) is 12.3 Å². The first-order valence-electron chi connectivity index (χ1n) is 6.50. The Morgan fingerprint density at radius 3 is 2.79 bits per heavy atom. The zero-order valence-corrected chi connectivity index (χ0v) is 11.0. The molecule has 1 aliphatic rings. The maximum atomic E-state index is 11.7. The molecule has 1 aromatic heterocycles. The largest absolute Gasteiger partial charge is 0.388 e. The molecule has 1 fully saturated rings. The monoisotopic (exact) mass is 265 g/mol. The van der Waals surface area contributed by atoms with Crippen molar-refractivity contribution in [3.63, 3.8) is 0 Å². The van der Waals surface area contributed by atoms with Gasteiger partial charge in [0.15, 0.2) is 0 Å². The molecule has 0 spiro atoms. The van der Waals surface area contributed by atoms with Gasteiger partial charge in [-0.25, -0.2) is 4.79 Å². The Hall–Kier alpha value is -1.82. The van der Waals surface area contributed by atoms with Crippen molar-refractivity contribution in [2.75, 3.05) is 11.9 Å². The number of carbonyl (C=O) groups is 1. The Morgan fingerprint density at radius 2 is 2.21 bits per heavy atom. The summed E-state index contributed by atoms with van der Waals surface area (Å²) in [6.45, 7) is 2.67. The van der Waals surface area contributed by atoms with Crippen LogP contribution in [0.25, 0.3) is 0 Å². The molecule has 1 heterocycles. The van der Waals surface area contributed by atoms with Crippen LogP contribution in [0.2, 0.25) is 0 Å². The summed E-state index contributed by atoms with van der Waals surface area (Å²) in [5, 5.41) is 15.1. The lowest BCUT2D eigenvalue weighted by Crippen LogP contribution is -2.48. The zero-order chi connectivity index (χ0) is 13.9. The van der Waals surface area contributed by atoms with Gasteiger partial charge in [-0.15, -0.1) is 0 Å². The highest BCUT2D eigenvalue weighted by atomic mass is 16.3. The van der Waals surface area contributed by atoms with Gasteiger partial charge in [0.05, 0.1) is 11.3 Å². The van der Waals surface area contributed by atoms with E-state index in [0.29, 0.717) is 12.2 Å². The lowest BCUT2D eigenvalue weighted by atomic mass is 9.80. The lowest BCUT2D eigenvalue weighted by molar-refractivity contribution is -0.0287. The van der Waals surface area contributed by atoms with Crippen LogP contribution in [0, 0.1) is 0 Å². The molecule has 1 saturated carbocycles. The molecular weight excluding hydrogens is 246 g/mol. The third-order valence-electron chi connectivity index (χ3n) is 3.44. The second kappa shape index (κ2) is 5.44. The van der Waals surface area contributed by atoms with Crippen LogP contribution in [-0.2, 0) is 6.54 Å². The first-order valence-corrected chi connectivity index (χ1v) is 6.50. The molecule has 104 valence electrons. The molecule has 0 aliphatic heterocycles. The summed E-state index contributed by atoms with van der Waals surface area (Å²) < 4.78 is 1.51. The SMILES string of the molecule is CCn1cc(NC(=O)NCC2(O)CCC2)ccc1=O. The van der Waals surface area contributed by atoms with Crippen molar-refractivity contribution in [3.8, 4) is 0 Å². The van der Waals surface area contributed by atoms with E-state index in [1.165, 1.54) is 10.6 Å². The van der Waals surface area contributed by atoms with Crippen molar-refractivity contribution >= 4 is 11.7 Å². The van der Waals surface area contributed by atoms with Gasteiger partial charge in [0.1, 0.15) is 0 Å². The second-order valence-corrected chi connectivity index (χ2v) is 4.93. The van der Waals surface area contributed by atoms with E-state index in [0.717, 1.165) is 19.3 Å². The summed E-state index contributed by atoms with van der Waals surface area (Å²) in [6.07, 6.45) is 4.06. The zero-order valence-electron chi connectivity index (χ0n) is 11.0. The number of anilines is 1. The summed E-state index contributed by atoms with van der Waals surface area (Å²) in [5.41, 5.74) is -0.281. The van der Waals surface area contributed by atoms with Crippen LogP contribution in [0.3, 0.4) is 0 Å². The Kier molecular flexibility index (Phi) is 3.90. The number of nitrogens with zero attached hydrogens (tertiary/aromatic N) is 1. The normalized spacial score (nSPS) is 16.5. The van der Waals surface area contributed by atoms with Gasteiger partial charge in [0, 0.05) is 25.4 Å². The van der Waals surface area contributed by atoms with E-state index >= 15 is 0 Å². The number of carbonyl (C=O) groups excluding carboxylic acids is 1. The summed E-state index contributed by atoms with van der Waals surface area (Å²) in [4.78, 5) is 23.1. The predicted molar refractivity (Wildman–Crippen MR) is 72.2 cm³/mol. The summed E-state index contributed by atoms with van der Waals surface area (Å²) >= 11 is 0. The number of aryl methyl sites for hydroxylation is 1. The number of hydrogen-bond donors (Lipinski definition) is 3. The minimum absolute atomic E-state index is 0.0998. The highest BCUT2D eigenvalue weighted by molar-refractivity contribution is 5.89. The Bertz CT molecular complexity index is 520. The molecule has 1 aliphatic carbocycles. The minimum Gasteiger partial charge on any atom is -0.388 e. The first-order chi connectivity index (χ1) is 9.02. The van der Waals surface area contributed by atoms with Crippen molar-refractivity contribution in [2.45, 2.75) is 38.3 Å². The van der Waals surface area contributed by atoms with Crippen molar-refractivity contribution in [3.05, 3.63) is 28.7 Å². The number of hydrogen-bond acceptors (Lipinski definition) is 3.